The van der Waals surface area contributed by atoms with Gasteiger partial charge in [0, 0.05) is 9.79 Å². The van der Waals surface area contributed by atoms with Crippen molar-refractivity contribution in [3.63, 3.8) is 0 Å². The molecule has 0 bridgehead atoms. The van der Waals surface area contributed by atoms with Gasteiger partial charge in [0.15, 0.2) is 0 Å². The first kappa shape index (κ1) is 15.3. The van der Waals surface area contributed by atoms with Gasteiger partial charge in [-0.15, -0.1) is 23.5 Å². The van der Waals surface area contributed by atoms with Crippen LogP contribution in [0.15, 0.2) is 101 Å². The van der Waals surface area contributed by atoms with Gasteiger partial charge in [-0.05, 0) is 36.8 Å². The topological polar surface area (TPSA) is 0 Å². The Balaban J connectivity index is 1.95. The van der Waals surface area contributed by atoms with E-state index in [1.807, 2.05) is 23.5 Å². The number of thioether (sulfide) groups is 2. The van der Waals surface area contributed by atoms with Gasteiger partial charge < -0.3 is 0 Å². The van der Waals surface area contributed by atoms with Crippen molar-refractivity contribution >= 4 is 23.5 Å². The molecule has 0 aliphatic carbocycles. The highest BCUT2D eigenvalue weighted by Gasteiger charge is 2.29. The Morgan fingerprint density at radius 2 is 0.909 bits per heavy atom. The van der Waals surface area contributed by atoms with E-state index in [0.29, 0.717) is 0 Å². The summed E-state index contributed by atoms with van der Waals surface area (Å²) >= 11 is 3.80. The largest absolute Gasteiger partial charge is 0.103 e. The van der Waals surface area contributed by atoms with Gasteiger partial charge in [-0.1, -0.05) is 66.7 Å². The van der Waals surface area contributed by atoms with Crippen molar-refractivity contribution in [2.45, 2.75) is 20.8 Å². The molecule has 3 rings (SSSR count). The van der Waals surface area contributed by atoms with Gasteiger partial charge in [-0.2, -0.15) is 0 Å². The molecule has 0 spiro atoms. The maximum absolute atomic E-state index is 2.30. The minimum absolute atomic E-state index is 0.0655. The standard InChI is InChI=1S/C20H18S2/c1-20(17-11-5-2-6-12-17,21-18-13-7-3-8-14-18)22-19-15-9-4-10-16-19/h2-16H,1H3. The van der Waals surface area contributed by atoms with Crippen LogP contribution in [0.25, 0.3) is 0 Å². The van der Waals surface area contributed by atoms with Gasteiger partial charge >= 0.3 is 0 Å². The quantitative estimate of drug-likeness (QED) is 0.391. The van der Waals surface area contributed by atoms with Crippen LogP contribution in [0.4, 0.5) is 0 Å². The molecule has 0 amide bonds. The smallest absolute Gasteiger partial charge is 0.0924 e. The van der Waals surface area contributed by atoms with E-state index in [1.165, 1.54) is 15.4 Å². The van der Waals surface area contributed by atoms with Crippen LogP contribution in [-0.2, 0) is 4.08 Å². The lowest BCUT2D eigenvalue weighted by Crippen LogP contribution is -2.12. The fourth-order valence-electron chi connectivity index (χ4n) is 2.31. The average molecular weight is 322 g/mol. The zero-order chi connectivity index (χ0) is 15.3. The second-order valence-electron chi connectivity index (χ2n) is 5.14. The minimum atomic E-state index is -0.0655. The maximum atomic E-state index is 2.30. The Bertz CT molecular complexity index is 652. The lowest BCUT2D eigenvalue weighted by Gasteiger charge is -2.29. The molecule has 22 heavy (non-hydrogen) atoms. The van der Waals surface area contributed by atoms with Crippen LogP contribution >= 0.6 is 23.5 Å². The Morgan fingerprint density at radius 1 is 0.545 bits per heavy atom. The molecule has 0 atom stereocenters. The number of benzene rings is 3. The summed E-state index contributed by atoms with van der Waals surface area (Å²) in [7, 11) is 0. The molecule has 0 nitrogen and oxygen atoms in total. The zero-order valence-electron chi connectivity index (χ0n) is 12.5. The Morgan fingerprint density at radius 3 is 1.32 bits per heavy atom. The molecule has 0 aliphatic heterocycles. The van der Waals surface area contributed by atoms with E-state index in [0.717, 1.165) is 0 Å². The summed E-state index contributed by atoms with van der Waals surface area (Å²) in [6.45, 7) is 2.30. The summed E-state index contributed by atoms with van der Waals surface area (Å²) in [5, 5.41) is 0. The lowest BCUT2D eigenvalue weighted by molar-refractivity contribution is 1.00. The zero-order valence-corrected chi connectivity index (χ0v) is 14.1. The molecule has 0 aliphatic rings. The third kappa shape index (κ3) is 3.76. The van der Waals surface area contributed by atoms with Crippen molar-refractivity contribution in [1.29, 1.82) is 0 Å². The minimum Gasteiger partial charge on any atom is -0.103 e. The Kier molecular flexibility index (Phi) is 4.91. The van der Waals surface area contributed by atoms with Crippen LogP contribution in [-0.4, -0.2) is 0 Å². The van der Waals surface area contributed by atoms with E-state index in [-0.39, 0.29) is 4.08 Å². The maximum Gasteiger partial charge on any atom is 0.0924 e. The lowest BCUT2D eigenvalue weighted by atomic mass is 10.2. The third-order valence-corrected chi connectivity index (χ3v) is 6.18. The summed E-state index contributed by atoms with van der Waals surface area (Å²) in [4.78, 5) is 2.58. The molecular formula is C20H18S2. The molecule has 0 unspecified atom stereocenters. The fourth-order valence-corrected chi connectivity index (χ4v) is 5.04. The van der Waals surface area contributed by atoms with Crippen molar-refractivity contribution in [1.82, 2.24) is 0 Å². The van der Waals surface area contributed by atoms with E-state index in [1.54, 1.807) is 0 Å². The molecule has 0 radical (unpaired) electrons. The van der Waals surface area contributed by atoms with Crippen LogP contribution in [0.2, 0.25) is 0 Å². The van der Waals surface area contributed by atoms with Gasteiger partial charge in [0.05, 0.1) is 4.08 Å². The molecule has 0 saturated carbocycles. The molecule has 3 aromatic rings. The molecule has 0 heterocycles. The molecule has 0 fully saturated rings. The van der Waals surface area contributed by atoms with Crippen LogP contribution in [0.1, 0.15) is 12.5 Å². The van der Waals surface area contributed by atoms with Crippen LogP contribution in [0.5, 0.6) is 0 Å². The second kappa shape index (κ2) is 7.08. The van der Waals surface area contributed by atoms with Crippen molar-refractivity contribution in [3.05, 3.63) is 96.6 Å². The van der Waals surface area contributed by atoms with Crippen molar-refractivity contribution in [2.24, 2.45) is 0 Å². The number of hydrogen-bond acceptors (Lipinski definition) is 2. The summed E-state index contributed by atoms with van der Waals surface area (Å²) in [5.41, 5.74) is 1.33. The molecule has 3 aromatic carbocycles. The summed E-state index contributed by atoms with van der Waals surface area (Å²) in [6, 6.07) is 32.0. The van der Waals surface area contributed by atoms with Gasteiger partial charge in [0.25, 0.3) is 0 Å². The van der Waals surface area contributed by atoms with Crippen molar-refractivity contribution in [2.75, 3.05) is 0 Å². The Hall–Kier alpha value is -1.64. The molecule has 2 heteroatoms. The highest BCUT2D eigenvalue weighted by atomic mass is 32.2. The average Bonchev–Trinajstić information content (AvgIpc) is 2.57. The van der Waals surface area contributed by atoms with E-state index in [2.05, 4.69) is 97.9 Å². The molecule has 0 aromatic heterocycles. The van der Waals surface area contributed by atoms with E-state index in [9.17, 15) is 0 Å². The molecular weight excluding hydrogens is 304 g/mol. The van der Waals surface area contributed by atoms with Crippen LogP contribution in [0, 0.1) is 0 Å². The number of rotatable bonds is 5. The summed E-state index contributed by atoms with van der Waals surface area (Å²) in [5.74, 6) is 0. The van der Waals surface area contributed by atoms with Gasteiger partial charge in [0.2, 0.25) is 0 Å². The summed E-state index contributed by atoms with van der Waals surface area (Å²) in [6.07, 6.45) is 0. The van der Waals surface area contributed by atoms with Crippen molar-refractivity contribution in [3.8, 4) is 0 Å². The van der Waals surface area contributed by atoms with Gasteiger partial charge in [0.1, 0.15) is 0 Å². The first-order valence-electron chi connectivity index (χ1n) is 7.30. The molecule has 0 saturated heterocycles. The highest BCUT2D eigenvalue weighted by molar-refractivity contribution is 8.17. The van der Waals surface area contributed by atoms with Gasteiger partial charge in [-0.3, -0.25) is 0 Å². The van der Waals surface area contributed by atoms with Gasteiger partial charge in [-0.25, -0.2) is 0 Å². The normalized spacial score (nSPS) is 11.3. The summed E-state index contributed by atoms with van der Waals surface area (Å²) < 4.78 is -0.0655. The molecule has 0 N–H and O–H groups in total. The molecule has 110 valence electrons. The van der Waals surface area contributed by atoms with E-state index >= 15 is 0 Å². The fraction of sp³-hybridized carbons (Fsp3) is 0.100. The van der Waals surface area contributed by atoms with Crippen LogP contribution < -0.4 is 0 Å². The van der Waals surface area contributed by atoms with E-state index < -0.39 is 0 Å². The van der Waals surface area contributed by atoms with Crippen molar-refractivity contribution < 1.29 is 0 Å². The number of hydrogen-bond donors (Lipinski definition) is 0. The third-order valence-electron chi connectivity index (χ3n) is 3.41. The predicted octanol–water partition coefficient (Wildman–Crippen LogP) is 6.44. The monoisotopic (exact) mass is 322 g/mol. The first-order valence-corrected chi connectivity index (χ1v) is 8.93. The predicted molar refractivity (Wildman–Crippen MR) is 98.4 cm³/mol. The Labute approximate surface area is 141 Å². The van der Waals surface area contributed by atoms with Crippen LogP contribution in [0.3, 0.4) is 0 Å². The second-order valence-corrected chi connectivity index (χ2v) is 8.38. The first-order chi connectivity index (χ1) is 10.8. The van der Waals surface area contributed by atoms with E-state index in [4.69, 9.17) is 0 Å². The highest BCUT2D eigenvalue weighted by Crippen LogP contribution is 2.52. The SMILES string of the molecule is CC(Sc1ccccc1)(Sc1ccccc1)c1ccccc1.